The van der Waals surface area contributed by atoms with Crippen molar-refractivity contribution in [3.05, 3.63) is 52.5 Å². The van der Waals surface area contributed by atoms with E-state index in [4.69, 9.17) is 9.39 Å². The van der Waals surface area contributed by atoms with Crippen LogP contribution in [0.1, 0.15) is 13.3 Å². The molecule has 0 radical (unpaired) electrons. The van der Waals surface area contributed by atoms with Gasteiger partial charge in [0.2, 0.25) is 5.90 Å². The van der Waals surface area contributed by atoms with Crippen LogP contribution < -0.4 is 10.3 Å². The molecule has 0 bridgehead atoms. The first-order valence-electron chi connectivity index (χ1n) is 8.99. The molecule has 0 amide bonds. The zero-order valence-electron chi connectivity index (χ0n) is 16.8. The number of halogens is 2. The summed E-state index contributed by atoms with van der Waals surface area (Å²) in [6, 6.07) is 4.71. The van der Waals surface area contributed by atoms with Gasteiger partial charge in [0, 0.05) is 42.3 Å². The highest BCUT2D eigenvalue weighted by Gasteiger charge is 2.48. The molecule has 1 aliphatic heterocycles. The molecule has 0 saturated heterocycles. The third kappa shape index (κ3) is 4.42. The summed E-state index contributed by atoms with van der Waals surface area (Å²) in [5, 5.41) is 12.7. The topological polar surface area (TPSA) is 116 Å². The molecule has 1 aliphatic rings. The maximum absolute atomic E-state index is 14.7. The average molecular weight is 456 g/mol. The molecule has 1 atom stereocenters. The van der Waals surface area contributed by atoms with Crippen LogP contribution in [0.15, 0.2) is 40.4 Å². The van der Waals surface area contributed by atoms with Crippen molar-refractivity contribution in [1.29, 1.82) is 0 Å². The second-order valence-corrected chi connectivity index (χ2v) is 9.54. The van der Waals surface area contributed by atoms with E-state index in [0.29, 0.717) is 0 Å². The highest BCUT2D eigenvalue weighted by molar-refractivity contribution is 7.92. The number of hydrogen-bond donors (Lipinski definition) is 1. The van der Waals surface area contributed by atoms with Crippen LogP contribution in [-0.2, 0) is 25.8 Å². The highest BCUT2D eigenvalue weighted by Crippen LogP contribution is 2.29. The number of oxime groups is 1. The average Bonchev–Trinajstić information content (AvgIpc) is 3.14. The maximum Gasteiger partial charge on any atom is 0.808 e. The summed E-state index contributed by atoms with van der Waals surface area (Å²) in [6.07, 6.45) is 1.56. The Kier molecular flexibility index (Phi) is 6.10. The van der Waals surface area contributed by atoms with Gasteiger partial charge < -0.3 is 23.7 Å². The number of rotatable bonds is 7. The lowest BCUT2D eigenvalue weighted by molar-refractivity contribution is 0.240. The summed E-state index contributed by atoms with van der Waals surface area (Å²) in [5.74, 6) is -1.79. The van der Waals surface area contributed by atoms with E-state index in [1.807, 2.05) is 0 Å². The van der Waals surface area contributed by atoms with Gasteiger partial charge >= 0.3 is 7.32 Å². The zero-order valence-corrected chi connectivity index (χ0v) is 17.7. The largest absolute Gasteiger partial charge is 0.808 e. The normalized spacial score (nSPS) is 15.7. The standard InChI is InChI=1S/C18H19BF2N2O7S/c1-18(31(3,26)27,17-22-30-19(25)29-17)6-7-23-10-15(21)13(9-16(23)24)12-5-4-11(28-2)8-14(12)20/h4-5,8-10,25H,6-7H2,1-3H3. The van der Waals surface area contributed by atoms with Gasteiger partial charge in [0.1, 0.15) is 22.1 Å². The van der Waals surface area contributed by atoms with E-state index in [9.17, 15) is 27.0 Å². The van der Waals surface area contributed by atoms with Gasteiger partial charge in [-0.05, 0) is 25.5 Å². The maximum atomic E-state index is 14.7. The fourth-order valence-electron chi connectivity index (χ4n) is 3.01. The smallest absolute Gasteiger partial charge is 0.497 e. The molecule has 0 fully saturated rings. The van der Waals surface area contributed by atoms with Crippen LogP contribution in [0.2, 0.25) is 0 Å². The van der Waals surface area contributed by atoms with Crippen molar-refractivity contribution >= 4 is 23.1 Å². The molecule has 2 heterocycles. The Bertz CT molecular complexity index is 1200. The van der Waals surface area contributed by atoms with Crippen molar-refractivity contribution in [1.82, 2.24) is 4.57 Å². The number of nitrogens with zero attached hydrogens (tertiary/aromatic N) is 2. The number of pyridine rings is 1. The van der Waals surface area contributed by atoms with E-state index in [-0.39, 0.29) is 35.7 Å². The number of aromatic nitrogens is 1. The van der Waals surface area contributed by atoms with Gasteiger partial charge in [-0.15, -0.1) is 0 Å². The summed E-state index contributed by atoms with van der Waals surface area (Å²) in [6.45, 7) is 1.05. The minimum absolute atomic E-state index is 0.122. The van der Waals surface area contributed by atoms with Crippen molar-refractivity contribution in [3.63, 3.8) is 0 Å². The molecule has 31 heavy (non-hydrogen) atoms. The molecule has 166 valence electrons. The van der Waals surface area contributed by atoms with Gasteiger partial charge in [-0.2, -0.15) is 0 Å². The van der Waals surface area contributed by atoms with E-state index >= 15 is 0 Å². The molecular weight excluding hydrogens is 437 g/mol. The number of methoxy groups -OCH3 is 1. The SMILES string of the molecule is COc1ccc(-c2cc(=O)n(CCC(C)(C3=NOB(O)O3)S(C)(=O)=O)cc2F)c(F)c1. The minimum atomic E-state index is -3.85. The van der Waals surface area contributed by atoms with E-state index < -0.39 is 39.1 Å². The molecular formula is C18H19BF2N2O7S. The van der Waals surface area contributed by atoms with Crippen LogP contribution in [0.5, 0.6) is 5.75 Å². The van der Waals surface area contributed by atoms with E-state index in [0.717, 1.165) is 29.2 Å². The van der Waals surface area contributed by atoms with Crippen LogP contribution in [-0.4, -0.2) is 49.3 Å². The van der Waals surface area contributed by atoms with Crippen LogP contribution in [0.4, 0.5) is 8.78 Å². The lowest BCUT2D eigenvalue weighted by Gasteiger charge is -2.26. The number of aryl methyl sites for hydroxylation is 1. The van der Waals surface area contributed by atoms with Crippen LogP contribution in [0.25, 0.3) is 11.1 Å². The molecule has 13 heteroatoms. The molecule has 3 rings (SSSR count). The van der Waals surface area contributed by atoms with E-state index in [1.54, 1.807) is 0 Å². The van der Waals surface area contributed by atoms with Gasteiger partial charge in [0.05, 0.1) is 7.11 Å². The summed E-state index contributed by atoms with van der Waals surface area (Å²) >= 11 is 0. The van der Waals surface area contributed by atoms with Crippen LogP contribution >= 0.6 is 0 Å². The van der Waals surface area contributed by atoms with Crippen molar-refractivity contribution in [2.24, 2.45) is 5.16 Å². The molecule has 9 nitrogen and oxygen atoms in total. The number of sulfone groups is 1. The fourth-order valence-corrected chi connectivity index (χ4v) is 3.87. The third-order valence-corrected chi connectivity index (χ3v) is 7.10. The van der Waals surface area contributed by atoms with Crippen molar-refractivity contribution in [2.75, 3.05) is 13.4 Å². The Hall–Kier alpha value is -2.93. The molecule has 1 N–H and O–H groups in total. The summed E-state index contributed by atoms with van der Waals surface area (Å²) < 4.78 is 67.2. The van der Waals surface area contributed by atoms with Crippen molar-refractivity contribution in [3.8, 4) is 16.9 Å². The molecule has 1 aromatic carbocycles. The Morgan fingerprint density at radius 1 is 1.26 bits per heavy atom. The minimum Gasteiger partial charge on any atom is -0.497 e. The molecule has 0 aliphatic carbocycles. The molecule has 1 unspecified atom stereocenters. The second-order valence-electron chi connectivity index (χ2n) is 7.09. The van der Waals surface area contributed by atoms with Gasteiger partial charge in [-0.1, -0.05) is 5.16 Å². The lowest BCUT2D eigenvalue weighted by Crippen LogP contribution is -2.45. The van der Waals surface area contributed by atoms with Crippen LogP contribution in [0.3, 0.4) is 0 Å². The first-order chi connectivity index (χ1) is 14.5. The zero-order chi connectivity index (χ0) is 23.0. The summed E-state index contributed by atoms with van der Waals surface area (Å²) in [5.41, 5.74) is -1.04. The number of benzene rings is 1. The predicted octanol–water partition coefficient (Wildman–Crippen LogP) is 1.33. The molecule has 1 aromatic heterocycles. The predicted molar refractivity (Wildman–Crippen MR) is 108 cm³/mol. The molecule has 2 aromatic rings. The van der Waals surface area contributed by atoms with Gasteiger partial charge in [0.25, 0.3) is 5.56 Å². The fraction of sp³-hybridized carbons (Fsp3) is 0.333. The lowest BCUT2D eigenvalue weighted by atomic mass is 10.0. The quantitative estimate of drug-likeness (QED) is 0.625. The Balaban J connectivity index is 1.91. The Morgan fingerprint density at radius 2 is 1.97 bits per heavy atom. The van der Waals surface area contributed by atoms with E-state index in [1.165, 1.54) is 26.2 Å². The first-order valence-corrected chi connectivity index (χ1v) is 10.9. The van der Waals surface area contributed by atoms with Crippen molar-refractivity contribution < 1.29 is 36.4 Å². The number of ether oxygens (including phenoxy) is 1. The van der Waals surface area contributed by atoms with E-state index in [2.05, 4.69) is 9.91 Å². The molecule has 0 saturated carbocycles. The van der Waals surface area contributed by atoms with Gasteiger partial charge in [-0.3, -0.25) is 4.79 Å². The van der Waals surface area contributed by atoms with Gasteiger partial charge in [-0.25, -0.2) is 17.2 Å². The first kappa shape index (κ1) is 22.8. The summed E-state index contributed by atoms with van der Waals surface area (Å²) in [7, 11) is -4.23. The molecule has 0 spiro atoms. The Morgan fingerprint density at radius 3 is 2.52 bits per heavy atom. The van der Waals surface area contributed by atoms with Crippen LogP contribution in [0, 0.1) is 11.6 Å². The third-order valence-electron chi connectivity index (χ3n) is 5.08. The monoisotopic (exact) mass is 456 g/mol. The van der Waals surface area contributed by atoms with Crippen molar-refractivity contribution in [2.45, 2.75) is 24.6 Å². The van der Waals surface area contributed by atoms with Gasteiger partial charge in [0.15, 0.2) is 9.84 Å². The second kappa shape index (κ2) is 8.31. The number of hydrogen-bond acceptors (Lipinski definition) is 8. The highest BCUT2D eigenvalue weighted by atomic mass is 32.2. The Labute approximate surface area is 176 Å². The summed E-state index contributed by atoms with van der Waals surface area (Å²) in [4.78, 5) is 12.5.